The first-order valence-corrected chi connectivity index (χ1v) is 15.9. The van der Waals surface area contributed by atoms with E-state index in [1.165, 1.54) is 0 Å². The van der Waals surface area contributed by atoms with Crippen molar-refractivity contribution in [1.29, 1.82) is 0 Å². The normalized spacial score (nSPS) is 11.8. The number of imidazole rings is 1. The monoisotopic (exact) mass is 615 g/mol. The van der Waals surface area contributed by atoms with Gasteiger partial charge in [0.2, 0.25) is 5.71 Å². The second-order valence-electron chi connectivity index (χ2n) is 11.9. The zero-order valence-electron chi connectivity index (χ0n) is 25.6. The van der Waals surface area contributed by atoms with Crippen molar-refractivity contribution in [2.45, 2.75) is 0 Å². The Balaban J connectivity index is 1.11. The van der Waals surface area contributed by atoms with Crippen LogP contribution in [0.5, 0.6) is 0 Å². The quantitative estimate of drug-likeness (QED) is 0.197. The van der Waals surface area contributed by atoms with E-state index in [9.17, 15) is 0 Å². The molecule has 0 radical (unpaired) electrons. The highest BCUT2D eigenvalue weighted by Gasteiger charge is 2.19. The fraction of sp³-hybridized carbons (Fsp3) is 0. The van der Waals surface area contributed by atoms with Gasteiger partial charge in [-0.2, -0.15) is 0 Å². The average molecular weight is 616 g/mol. The molecule has 4 aromatic heterocycles. The molecule has 0 spiro atoms. The molecule has 0 bridgehead atoms. The van der Waals surface area contributed by atoms with Crippen molar-refractivity contribution < 1.29 is 4.42 Å². The first-order valence-electron chi connectivity index (χ1n) is 15.9. The Hall–Kier alpha value is -6.66. The summed E-state index contributed by atoms with van der Waals surface area (Å²) in [6, 6.07) is 51.6. The summed E-state index contributed by atoms with van der Waals surface area (Å²) in [4.78, 5) is 19.6. The van der Waals surface area contributed by atoms with Crippen LogP contribution in [0.3, 0.4) is 0 Å². The fourth-order valence-electron chi connectivity index (χ4n) is 6.74. The summed E-state index contributed by atoms with van der Waals surface area (Å²) in [6.07, 6.45) is 0. The first kappa shape index (κ1) is 26.5. The number of aromatic nitrogens is 5. The predicted octanol–water partition coefficient (Wildman–Crippen LogP) is 10.4. The van der Waals surface area contributed by atoms with Crippen LogP contribution in [-0.4, -0.2) is 24.3 Å². The van der Waals surface area contributed by atoms with Crippen molar-refractivity contribution in [1.82, 2.24) is 24.3 Å². The van der Waals surface area contributed by atoms with Crippen LogP contribution in [0.2, 0.25) is 0 Å². The third-order valence-electron chi connectivity index (χ3n) is 9.05. The topological polar surface area (TPSA) is 69.1 Å². The molecule has 10 rings (SSSR count). The summed E-state index contributed by atoms with van der Waals surface area (Å²) in [7, 11) is 0. The molecule has 6 nitrogen and oxygen atoms in total. The standard InChI is InChI=1S/C42H25N5O/c1-3-11-27(12-4-1)38-44-39(28-13-5-2-6-14-28)46-40(45-38)29-21-19-26(20-22-29)30-23-24-36-33(25-30)37-31-15-7-8-16-32(31)41-43-34-17-9-10-18-35(34)47(41)42(37)48-36/h1-25H. The lowest BCUT2D eigenvalue weighted by Crippen LogP contribution is -2.00. The lowest BCUT2D eigenvalue weighted by molar-refractivity contribution is 0.650. The van der Waals surface area contributed by atoms with E-state index in [1.54, 1.807) is 0 Å². The van der Waals surface area contributed by atoms with E-state index in [0.717, 1.165) is 77.3 Å². The number of para-hydroxylation sites is 2. The number of pyridine rings is 1. The Morgan fingerprint density at radius 2 is 0.958 bits per heavy atom. The van der Waals surface area contributed by atoms with Crippen molar-refractivity contribution in [3.63, 3.8) is 0 Å². The summed E-state index contributed by atoms with van der Waals surface area (Å²) in [5, 5.41) is 4.38. The van der Waals surface area contributed by atoms with Gasteiger partial charge in [-0.05, 0) is 40.8 Å². The van der Waals surface area contributed by atoms with Gasteiger partial charge < -0.3 is 4.42 Å². The maximum atomic E-state index is 6.60. The van der Waals surface area contributed by atoms with E-state index in [0.29, 0.717) is 17.5 Å². The van der Waals surface area contributed by atoms with Gasteiger partial charge in [-0.1, -0.05) is 127 Å². The third kappa shape index (κ3) is 4.13. The average Bonchev–Trinajstić information content (AvgIpc) is 3.75. The number of nitrogens with zero attached hydrogens (tertiary/aromatic N) is 5. The molecule has 10 aromatic rings. The molecule has 0 saturated heterocycles. The van der Waals surface area contributed by atoms with Crippen molar-refractivity contribution in [2.75, 3.05) is 0 Å². The van der Waals surface area contributed by atoms with Crippen LogP contribution in [0.1, 0.15) is 0 Å². The van der Waals surface area contributed by atoms with Gasteiger partial charge in [0.15, 0.2) is 17.5 Å². The molecule has 6 heteroatoms. The number of fused-ring (bicyclic) bond motifs is 10. The Morgan fingerprint density at radius 1 is 0.417 bits per heavy atom. The van der Waals surface area contributed by atoms with Crippen molar-refractivity contribution in [3.05, 3.63) is 152 Å². The van der Waals surface area contributed by atoms with Crippen LogP contribution in [0, 0.1) is 0 Å². The van der Waals surface area contributed by atoms with E-state index in [4.69, 9.17) is 24.4 Å². The summed E-state index contributed by atoms with van der Waals surface area (Å²) in [5.74, 6) is 1.93. The molecule has 4 heterocycles. The molecule has 0 atom stereocenters. The van der Waals surface area contributed by atoms with Gasteiger partial charge in [-0.15, -0.1) is 0 Å². The van der Waals surface area contributed by atoms with Crippen LogP contribution < -0.4 is 0 Å². The number of hydrogen-bond acceptors (Lipinski definition) is 5. The van der Waals surface area contributed by atoms with Gasteiger partial charge in [0.05, 0.1) is 16.4 Å². The van der Waals surface area contributed by atoms with Crippen molar-refractivity contribution >= 4 is 49.5 Å². The lowest BCUT2D eigenvalue weighted by atomic mass is 10.00. The van der Waals surface area contributed by atoms with Crippen LogP contribution in [0.15, 0.2) is 156 Å². The molecule has 0 saturated carbocycles. The lowest BCUT2D eigenvalue weighted by Gasteiger charge is -2.09. The molecule has 0 N–H and O–H groups in total. The molecule has 0 unspecified atom stereocenters. The Kier molecular flexibility index (Phi) is 5.77. The van der Waals surface area contributed by atoms with E-state index >= 15 is 0 Å². The molecular formula is C42H25N5O. The summed E-state index contributed by atoms with van der Waals surface area (Å²) >= 11 is 0. The molecule has 48 heavy (non-hydrogen) atoms. The van der Waals surface area contributed by atoms with E-state index in [2.05, 4.69) is 83.3 Å². The van der Waals surface area contributed by atoms with Crippen molar-refractivity contribution in [3.8, 4) is 45.3 Å². The second kappa shape index (κ2) is 10.4. The minimum Gasteiger partial charge on any atom is -0.439 e. The van der Waals surface area contributed by atoms with Gasteiger partial charge in [0.25, 0.3) is 0 Å². The SMILES string of the molecule is c1ccc(-c2nc(-c3ccccc3)nc(-c3ccc(-c4ccc5oc6c(c5c4)c4ccccc4c4nc5ccccc5n46)cc3)n2)cc1. The molecule has 6 aromatic carbocycles. The maximum absolute atomic E-state index is 6.60. The summed E-state index contributed by atoms with van der Waals surface area (Å²) in [6.45, 7) is 0. The first-order chi connectivity index (χ1) is 23.8. The second-order valence-corrected chi connectivity index (χ2v) is 11.9. The minimum atomic E-state index is 0.633. The van der Waals surface area contributed by atoms with Crippen LogP contribution in [0.4, 0.5) is 0 Å². The molecule has 0 fully saturated rings. The zero-order valence-corrected chi connectivity index (χ0v) is 25.6. The molecule has 0 aliphatic carbocycles. The molecule has 0 amide bonds. The maximum Gasteiger partial charge on any atom is 0.215 e. The highest BCUT2D eigenvalue weighted by molar-refractivity contribution is 6.22. The largest absolute Gasteiger partial charge is 0.439 e. The zero-order chi connectivity index (χ0) is 31.6. The fourth-order valence-corrected chi connectivity index (χ4v) is 6.74. The van der Waals surface area contributed by atoms with Crippen LogP contribution >= 0.6 is 0 Å². The molecule has 0 aliphatic heterocycles. The van der Waals surface area contributed by atoms with Gasteiger partial charge >= 0.3 is 0 Å². The number of benzene rings is 6. The summed E-state index contributed by atoms with van der Waals surface area (Å²) < 4.78 is 8.76. The van der Waals surface area contributed by atoms with Crippen LogP contribution in [-0.2, 0) is 0 Å². The Labute approximate surface area is 274 Å². The smallest absolute Gasteiger partial charge is 0.215 e. The van der Waals surface area contributed by atoms with Gasteiger partial charge in [0, 0.05) is 27.5 Å². The van der Waals surface area contributed by atoms with Crippen LogP contribution in [0.25, 0.3) is 94.8 Å². The molecule has 0 aliphatic rings. The van der Waals surface area contributed by atoms with Crippen molar-refractivity contribution in [2.24, 2.45) is 0 Å². The summed E-state index contributed by atoms with van der Waals surface area (Å²) in [5.41, 5.74) is 9.53. The third-order valence-corrected chi connectivity index (χ3v) is 9.05. The molecular weight excluding hydrogens is 590 g/mol. The highest BCUT2D eigenvalue weighted by Crippen LogP contribution is 2.40. The van der Waals surface area contributed by atoms with Gasteiger partial charge in [-0.25, -0.2) is 19.9 Å². The predicted molar refractivity (Wildman–Crippen MR) is 193 cm³/mol. The number of rotatable bonds is 4. The Morgan fingerprint density at radius 3 is 1.65 bits per heavy atom. The van der Waals surface area contributed by atoms with Gasteiger partial charge in [0.1, 0.15) is 11.2 Å². The van der Waals surface area contributed by atoms with Gasteiger partial charge in [-0.3, -0.25) is 4.40 Å². The van der Waals surface area contributed by atoms with E-state index < -0.39 is 0 Å². The van der Waals surface area contributed by atoms with E-state index in [1.807, 2.05) is 72.8 Å². The molecule has 224 valence electrons. The number of hydrogen-bond donors (Lipinski definition) is 0. The highest BCUT2D eigenvalue weighted by atomic mass is 16.3. The minimum absolute atomic E-state index is 0.633. The Bertz CT molecular complexity index is 2760. The number of furan rings is 1. The van der Waals surface area contributed by atoms with E-state index in [-0.39, 0.29) is 0 Å².